The predicted molar refractivity (Wildman–Crippen MR) is 34.9 cm³/mol. The summed E-state index contributed by atoms with van der Waals surface area (Å²) in [7, 11) is 3.69. The summed E-state index contributed by atoms with van der Waals surface area (Å²) in [5.41, 5.74) is 0. The van der Waals surface area contributed by atoms with Crippen molar-refractivity contribution in [3.63, 3.8) is 0 Å². The second-order valence-electron chi connectivity index (χ2n) is 0.298. The zero-order chi connectivity index (χ0) is 5.15. The highest BCUT2D eigenvalue weighted by atomic mass is 32.0. The number of hydrogen-bond acceptors (Lipinski definition) is 0. The van der Waals surface area contributed by atoms with E-state index in [1.165, 1.54) is 0 Å². The van der Waals surface area contributed by atoms with E-state index >= 15 is 0 Å². The highest BCUT2D eigenvalue weighted by Crippen LogP contribution is 2.18. The third-order valence-electron chi connectivity index (χ3n) is 0.0861. The molecule has 4 heavy (non-hydrogen) atoms. The number of hydrogen-bond donors (Lipinski definition) is 0. The van der Waals surface area contributed by atoms with Crippen molar-refractivity contribution >= 4 is 32.8 Å². The molecule has 0 bridgehead atoms. The van der Waals surface area contributed by atoms with Gasteiger partial charge in [0.1, 0.15) is 0 Å². The molecule has 4 heteroatoms. The van der Waals surface area contributed by atoms with Gasteiger partial charge in [-0.2, -0.15) is 9.12 Å². The van der Waals surface area contributed by atoms with Gasteiger partial charge in [0, 0.05) is 0 Å². The van der Waals surface area contributed by atoms with Gasteiger partial charge in [0.05, 0.1) is 1.28 Å². The van der Waals surface area contributed by atoms with Gasteiger partial charge in [-0.1, -0.05) is 0 Å². The molecule has 0 aliphatic carbocycles. The SMILES string of the molecule is [2H]P(P)B([3H])P. The molecular weight excluding hydrogens is 104 g/mol. The minimum absolute atomic E-state index is 0.287. The van der Waals surface area contributed by atoms with Crippen molar-refractivity contribution < 1.29 is 0 Å². The van der Waals surface area contributed by atoms with Crippen molar-refractivity contribution in [2.45, 2.75) is 0 Å². The molecule has 0 amide bonds. The molecule has 24 valence electrons. The van der Waals surface area contributed by atoms with E-state index in [0.717, 1.165) is 0 Å². The fourth-order valence-electron chi connectivity index (χ4n) is 0. The van der Waals surface area contributed by atoms with Gasteiger partial charge in [-0.25, -0.2) is 0 Å². The van der Waals surface area contributed by atoms with Gasteiger partial charge in [-0.05, 0) is 1.34 Å². The van der Waals surface area contributed by atoms with Crippen LogP contribution in [0.15, 0.2) is 0 Å². The zero-order valence-electron chi connectivity index (χ0n) is 4.18. The van der Waals surface area contributed by atoms with Crippen LogP contribution in [0, 0.1) is 0 Å². The summed E-state index contributed by atoms with van der Waals surface area (Å²) in [5.74, 6) is 0. The Bertz CT molecular complexity index is 29.8. The Labute approximate surface area is 36.4 Å². The second kappa shape index (κ2) is 4.35. The Morgan fingerprint density at radius 1 is 2.75 bits per heavy atom. The molecule has 3 unspecified atom stereocenters. The zero-order valence-corrected chi connectivity index (χ0v) is 5.38. The quantitative estimate of drug-likeness (QED) is 0.344. The standard InChI is InChI=1S/BH6P3/c2-1-4-3/h1,4H,2-3H2/i1T,4D. The summed E-state index contributed by atoms with van der Waals surface area (Å²) in [6, 6.07) is 0. The van der Waals surface area contributed by atoms with Gasteiger partial charge in [0.25, 0.3) is 0 Å². The Morgan fingerprint density at radius 2 is 3.00 bits per heavy atom. The maximum absolute atomic E-state index is 6.85. The van der Waals surface area contributed by atoms with E-state index in [1.54, 1.807) is 0 Å². The van der Waals surface area contributed by atoms with Crippen molar-refractivity contribution in [3.05, 3.63) is 0 Å². The number of rotatable bonds is 1. The van der Waals surface area contributed by atoms with Crippen LogP contribution in [-0.2, 0) is 0 Å². The summed E-state index contributed by atoms with van der Waals surface area (Å²) in [5, 5.41) is 0. The van der Waals surface area contributed by atoms with Crippen LogP contribution >= 0.6 is 26.1 Å². The molecule has 0 aliphatic heterocycles. The lowest BCUT2D eigenvalue weighted by molar-refractivity contribution is 4.72. The topological polar surface area (TPSA) is 0 Å². The van der Waals surface area contributed by atoms with E-state index in [1.807, 2.05) is 0 Å². The van der Waals surface area contributed by atoms with Crippen molar-refractivity contribution in [2.75, 3.05) is 0 Å². The third kappa shape index (κ3) is 3.35. The summed E-state index contributed by atoms with van der Waals surface area (Å²) >= 11 is 0. The molecule has 0 rings (SSSR count). The summed E-state index contributed by atoms with van der Waals surface area (Å²) in [6.45, 7) is -0.287. The maximum atomic E-state index is 6.85. The molecule has 0 aromatic heterocycles. The van der Waals surface area contributed by atoms with Gasteiger partial charge in [0.15, 0.2) is 6.68 Å². The molecule has 0 spiro atoms. The van der Waals surface area contributed by atoms with Crippen LogP contribution in [0.5, 0.6) is 0 Å². The van der Waals surface area contributed by atoms with Crippen LogP contribution in [0.1, 0.15) is 0 Å². The average Bonchev–Trinajstić information content (AvgIpc) is 1.36. The van der Waals surface area contributed by atoms with Gasteiger partial charge >= 0.3 is 0 Å². The summed E-state index contributed by atoms with van der Waals surface area (Å²) in [6.07, 6.45) is 0. The van der Waals surface area contributed by atoms with Crippen molar-refractivity contribution in [1.82, 2.24) is 0 Å². The summed E-state index contributed by atoms with van der Waals surface area (Å²) in [4.78, 5) is 0. The Balaban J connectivity index is 2.99. The first kappa shape index (κ1) is 2.51. The fraction of sp³-hybridized carbons (Fsp3) is 0. The normalized spacial score (nSPS) is 21.5. The van der Waals surface area contributed by atoms with Crippen LogP contribution in [0.3, 0.4) is 0 Å². The molecule has 0 N–H and O–H groups in total. The lowest BCUT2D eigenvalue weighted by Crippen LogP contribution is -1.38. The van der Waals surface area contributed by atoms with Gasteiger partial charge in [0.2, 0.25) is 0 Å². The van der Waals surface area contributed by atoms with E-state index in [0.29, 0.717) is 0 Å². The lowest BCUT2D eigenvalue weighted by atomic mass is 10.7. The lowest BCUT2D eigenvalue weighted by Gasteiger charge is -1.65. The van der Waals surface area contributed by atoms with Gasteiger partial charge in [-0.3, -0.25) is 0 Å². The van der Waals surface area contributed by atoms with Crippen LogP contribution in [0.4, 0.5) is 0 Å². The first-order chi connectivity index (χ1) is 2.64. The Morgan fingerprint density at radius 3 is 3.00 bits per heavy atom. The second-order valence-corrected chi connectivity index (χ2v) is 2.68. The van der Waals surface area contributed by atoms with Crippen LogP contribution in [-0.4, -0.2) is 9.30 Å². The predicted octanol–water partition coefficient (Wildman–Crippen LogP) is 0.597. The van der Waals surface area contributed by atoms with E-state index < -0.39 is 8.09 Å². The molecule has 0 aromatic carbocycles. The molecule has 0 radical (unpaired) electrons. The molecular formula is H6BP3. The molecule has 0 nitrogen and oxygen atoms in total. The van der Waals surface area contributed by atoms with Crippen molar-refractivity contribution in [3.8, 4) is 0 Å². The monoisotopic (exact) mass is 113 g/mol. The smallest absolute Gasteiger partial charge is 0.169 e. The molecule has 0 aromatic rings. The summed E-state index contributed by atoms with van der Waals surface area (Å²) < 4.78 is 13.7. The first-order valence-electron chi connectivity index (χ1n) is 1.87. The Kier molecular flexibility index (Phi) is 2.74. The molecule has 0 aliphatic rings. The van der Waals surface area contributed by atoms with E-state index in [2.05, 4.69) is 18.0 Å². The van der Waals surface area contributed by atoms with Gasteiger partial charge in [-0.15, -0.1) is 17.0 Å². The van der Waals surface area contributed by atoms with E-state index in [4.69, 9.17) is 2.61 Å². The van der Waals surface area contributed by atoms with E-state index in [-0.39, 0.29) is 6.68 Å². The molecule has 0 saturated carbocycles. The maximum Gasteiger partial charge on any atom is 0.176 e. The van der Waals surface area contributed by atoms with Crippen molar-refractivity contribution in [1.29, 1.82) is 2.61 Å². The van der Waals surface area contributed by atoms with Gasteiger partial charge < -0.3 is 0 Å². The molecule has 0 fully saturated rings. The van der Waals surface area contributed by atoms with Crippen LogP contribution in [0.2, 0.25) is 0 Å². The molecule has 3 atom stereocenters. The average molecular weight is 113 g/mol. The highest BCUT2D eigenvalue weighted by molar-refractivity contribution is 8.25. The molecule has 0 saturated heterocycles. The molecule has 0 heterocycles. The highest BCUT2D eigenvalue weighted by Gasteiger charge is 1.60. The Hall–Kier alpha value is 1.35. The van der Waals surface area contributed by atoms with Crippen LogP contribution < -0.4 is 0 Å². The fourth-order valence-corrected chi connectivity index (χ4v) is 0. The minimum Gasteiger partial charge on any atom is -0.169 e. The minimum atomic E-state index is -0.863. The van der Waals surface area contributed by atoms with Crippen LogP contribution in [0.25, 0.3) is 0 Å². The van der Waals surface area contributed by atoms with E-state index in [9.17, 15) is 0 Å². The first-order valence-corrected chi connectivity index (χ1v) is 4.10. The van der Waals surface area contributed by atoms with Crippen molar-refractivity contribution in [2.24, 2.45) is 0 Å². The third-order valence-corrected chi connectivity index (χ3v) is 2.32. The largest absolute Gasteiger partial charge is 0.176 e.